The summed E-state index contributed by atoms with van der Waals surface area (Å²) < 4.78 is 1.27. The van der Waals surface area contributed by atoms with Crippen LogP contribution in [0.1, 0.15) is 0 Å². The third-order valence-electron chi connectivity index (χ3n) is 4.26. The molecule has 0 N–H and O–H groups in total. The quantitative estimate of drug-likeness (QED) is 0.332. The second-order valence-corrected chi connectivity index (χ2v) is 6.72. The van der Waals surface area contributed by atoms with E-state index in [0.29, 0.717) is 0 Å². The molecule has 1 nitrogen and oxygen atoms in total. The summed E-state index contributed by atoms with van der Waals surface area (Å²) in [4.78, 5) is 4.83. The van der Waals surface area contributed by atoms with Crippen LogP contribution >= 0.6 is 11.3 Å². The molecule has 0 atom stereocenters. The first kappa shape index (κ1) is 12.8. The molecule has 5 rings (SSSR count). The van der Waals surface area contributed by atoms with Gasteiger partial charge in [-0.3, -0.25) is 0 Å². The number of hydrogen-bond acceptors (Lipinski definition) is 2. The molecule has 4 aromatic carbocycles. The van der Waals surface area contributed by atoms with E-state index in [1.807, 2.05) is 6.07 Å². The fourth-order valence-corrected chi connectivity index (χ4v) is 4.20. The highest BCUT2D eigenvalue weighted by Crippen LogP contribution is 2.36. The van der Waals surface area contributed by atoms with Gasteiger partial charge in [0.15, 0.2) is 0 Å². The lowest BCUT2D eigenvalue weighted by molar-refractivity contribution is 1.48. The lowest BCUT2D eigenvalue weighted by Crippen LogP contribution is -1.77. The Labute approximate surface area is 137 Å². The Balaban J connectivity index is 1.85. The fourth-order valence-electron chi connectivity index (χ4n) is 3.10. The predicted octanol–water partition coefficient (Wildman–Crippen LogP) is 6.27. The molecular formula is C21H13NS. The summed E-state index contributed by atoms with van der Waals surface area (Å²) in [6.07, 6.45) is 0. The van der Waals surface area contributed by atoms with Crippen LogP contribution in [0, 0.1) is 0 Å². The fraction of sp³-hybridized carbons (Fsp3) is 0. The van der Waals surface area contributed by atoms with Crippen LogP contribution in [-0.2, 0) is 0 Å². The summed E-state index contributed by atoms with van der Waals surface area (Å²) in [5.41, 5.74) is 2.26. The predicted molar refractivity (Wildman–Crippen MR) is 100 cm³/mol. The molecule has 0 radical (unpaired) electrons. The third-order valence-corrected chi connectivity index (χ3v) is 5.41. The van der Waals surface area contributed by atoms with E-state index in [4.69, 9.17) is 4.98 Å². The van der Waals surface area contributed by atoms with Crippen LogP contribution in [0.4, 0.5) is 0 Å². The molecule has 1 heterocycles. The van der Waals surface area contributed by atoms with Gasteiger partial charge in [0.25, 0.3) is 0 Å². The molecule has 0 spiro atoms. The minimum atomic E-state index is 1.08. The van der Waals surface area contributed by atoms with Crippen LogP contribution in [0.5, 0.6) is 0 Å². The molecule has 23 heavy (non-hydrogen) atoms. The standard InChI is InChI=1S/C21H13NS/c1-2-6-14(7-3-1)21-22-19-11-10-17-12-15-8-4-5-9-16(15)13-18(17)20(19)23-21/h1-13H. The van der Waals surface area contributed by atoms with E-state index in [2.05, 4.69) is 72.8 Å². The van der Waals surface area contributed by atoms with Crippen molar-refractivity contribution in [2.24, 2.45) is 0 Å². The Morgan fingerprint density at radius 3 is 2.22 bits per heavy atom. The molecule has 0 saturated carbocycles. The number of rotatable bonds is 1. The molecule has 0 amide bonds. The molecule has 0 aliphatic heterocycles. The largest absolute Gasteiger partial charge is 0.236 e. The Morgan fingerprint density at radius 2 is 1.39 bits per heavy atom. The number of nitrogens with zero attached hydrogens (tertiary/aromatic N) is 1. The van der Waals surface area contributed by atoms with Crippen molar-refractivity contribution >= 4 is 43.1 Å². The van der Waals surface area contributed by atoms with Crippen LogP contribution < -0.4 is 0 Å². The highest BCUT2D eigenvalue weighted by atomic mass is 32.1. The van der Waals surface area contributed by atoms with Crippen LogP contribution in [0.25, 0.3) is 42.3 Å². The molecule has 0 unspecified atom stereocenters. The molecule has 0 aliphatic rings. The lowest BCUT2D eigenvalue weighted by Gasteiger charge is -2.02. The maximum Gasteiger partial charge on any atom is 0.124 e. The summed E-state index contributed by atoms with van der Waals surface area (Å²) in [6, 6.07) is 27.8. The van der Waals surface area contributed by atoms with E-state index in [-0.39, 0.29) is 0 Å². The van der Waals surface area contributed by atoms with Gasteiger partial charge in [0.1, 0.15) is 5.01 Å². The summed E-state index contributed by atoms with van der Waals surface area (Å²) in [5, 5.41) is 6.22. The normalized spacial score (nSPS) is 11.5. The maximum atomic E-state index is 4.83. The van der Waals surface area contributed by atoms with Crippen molar-refractivity contribution in [1.29, 1.82) is 0 Å². The van der Waals surface area contributed by atoms with Gasteiger partial charge in [-0.2, -0.15) is 0 Å². The molecule has 2 heteroatoms. The Morgan fingerprint density at radius 1 is 0.652 bits per heavy atom. The highest BCUT2D eigenvalue weighted by Gasteiger charge is 2.09. The van der Waals surface area contributed by atoms with Crippen molar-refractivity contribution in [1.82, 2.24) is 4.98 Å². The smallest absolute Gasteiger partial charge is 0.124 e. The summed E-state index contributed by atoms with van der Waals surface area (Å²) in [5.74, 6) is 0. The average molecular weight is 311 g/mol. The van der Waals surface area contributed by atoms with Gasteiger partial charge >= 0.3 is 0 Å². The molecule has 0 bridgehead atoms. The minimum Gasteiger partial charge on any atom is -0.236 e. The van der Waals surface area contributed by atoms with Crippen molar-refractivity contribution in [3.63, 3.8) is 0 Å². The van der Waals surface area contributed by atoms with Gasteiger partial charge in [-0.05, 0) is 34.4 Å². The van der Waals surface area contributed by atoms with E-state index < -0.39 is 0 Å². The molecule has 0 saturated heterocycles. The number of thiazole rings is 1. The Kier molecular flexibility index (Phi) is 2.73. The Bertz CT molecular complexity index is 1160. The van der Waals surface area contributed by atoms with Crippen molar-refractivity contribution < 1.29 is 0 Å². The average Bonchev–Trinajstić information content (AvgIpc) is 3.05. The van der Waals surface area contributed by atoms with E-state index in [1.54, 1.807) is 11.3 Å². The first-order valence-electron chi connectivity index (χ1n) is 7.66. The summed E-state index contributed by atoms with van der Waals surface area (Å²) in [6.45, 7) is 0. The Hall–Kier alpha value is -2.71. The number of fused-ring (bicyclic) bond motifs is 4. The van der Waals surface area contributed by atoms with Crippen LogP contribution in [0.3, 0.4) is 0 Å². The lowest BCUT2D eigenvalue weighted by atomic mass is 10.0. The second-order valence-electron chi connectivity index (χ2n) is 5.72. The zero-order valence-electron chi connectivity index (χ0n) is 12.4. The van der Waals surface area contributed by atoms with Gasteiger partial charge in [0.05, 0.1) is 10.2 Å². The second kappa shape index (κ2) is 4.90. The molecule has 5 aromatic rings. The van der Waals surface area contributed by atoms with Crippen molar-refractivity contribution in [3.8, 4) is 10.6 Å². The SMILES string of the molecule is c1ccc(-c2nc3ccc4cc5ccccc5cc4c3s2)cc1. The molecule has 108 valence electrons. The maximum absolute atomic E-state index is 4.83. The topological polar surface area (TPSA) is 12.9 Å². The summed E-state index contributed by atoms with van der Waals surface area (Å²) in [7, 11) is 0. The summed E-state index contributed by atoms with van der Waals surface area (Å²) >= 11 is 1.78. The van der Waals surface area contributed by atoms with Crippen molar-refractivity contribution in [3.05, 3.63) is 78.9 Å². The molecule has 1 aromatic heterocycles. The van der Waals surface area contributed by atoms with E-state index in [0.717, 1.165) is 10.5 Å². The van der Waals surface area contributed by atoms with E-state index in [1.165, 1.54) is 31.8 Å². The van der Waals surface area contributed by atoms with Gasteiger partial charge in [0, 0.05) is 10.9 Å². The van der Waals surface area contributed by atoms with Crippen LogP contribution in [-0.4, -0.2) is 4.98 Å². The zero-order chi connectivity index (χ0) is 15.2. The van der Waals surface area contributed by atoms with Gasteiger partial charge in [-0.1, -0.05) is 60.7 Å². The van der Waals surface area contributed by atoms with E-state index >= 15 is 0 Å². The molecular weight excluding hydrogens is 298 g/mol. The first-order valence-corrected chi connectivity index (χ1v) is 8.48. The molecule has 0 aliphatic carbocycles. The monoisotopic (exact) mass is 311 g/mol. The van der Waals surface area contributed by atoms with Gasteiger partial charge < -0.3 is 0 Å². The number of benzene rings is 4. The minimum absolute atomic E-state index is 1.08. The van der Waals surface area contributed by atoms with Crippen LogP contribution in [0.2, 0.25) is 0 Å². The van der Waals surface area contributed by atoms with Gasteiger partial charge in [-0.15, -0.1) is 11.3 Å². The molecule has 0 fully saturated rings. The van der Waals surface area contributed by atoms with Crippen molar-refractivity contribution in [2.75, 3.05) is 0 Å². The highest BCUT2D eigenvalue weighted by molar-refractivity contribution is 7.22. The third kappa shape index (κ3) is 2.03. The van der Waals surface area contributed by atoms with Crippen LogP contribution in [0.15, 0.2) is 78.9 Å². The van der Waals surface area contributed by atoms with E-state index in [9.17, 15) is 0 Å². The zero-order valence-corrected chi connectivity index (χ0v) is 13.2. The number of aromatic nitrogens is 1. The first-order chi connectivity index (χ1) is 11.4. The van der Waals surface area contributed by atoms with Gasteiger partial charge in [-0.25, -0.2) is 4.98 Å². The number of hydrogen-bond donors (Lipinski definition) is 0. The van der Waals surface area contributed by atoms with Crippen molar-refractivity contribution in [2.45, 2.75) is 0 Å². The van der Waals surface area contributed by atoms with Gasteiger partial charge in [0.2, 0.25) is 0 Å².